The maximum Gasteiger partial charge on any atom is 0.262 e. The molecule has 43 heavy (non-hydrogen) atoms. The summed E-state index contributed by atoms with van der Waals surface area (Å²) in [5.74, 6) is 0.711. The van der Waals surface area contributed by atoms with E-state index < -0.39 is 5.66 Å². The van der Waals surface area contributed by atoms with Gasteiger partial charge in [0, 0.05) is 34.7 Å². The molecular formula is C35H44Cl2N4O2. The van der Waals surface area contributed by atoms with Gasteiger partial charge in [0.25, 0.3) is 5.91 Å². The van der Waals surface area contributed by atoms with E-state index in [-0.39, 0.29) is 23.4 Å². The zero-order valence-electron chi connectivity index (χ0n) is 26.1. The number of halogens is 2. The fraction of sp³-hybridized carbons (Fsp3) is 0.457. The molecule has 2 heterocycles. The minimum absolute atomic E-state index is 0.00425. The predicted octanol–water partition coefficient (Wildman–Crippen LogP) is 7.07. The Labute approximate surface area is 266 Å². The lowest BCUT2D eigenvalue weighted by Gasteiger charge is -2.41. The highest BCUT2D eigenvalue weighted by Crippen LogP contribution is 2.45. The smallest absolute Gasteiger partial charge is 0.262 e. The lowest BCUT2D eigenvalue weighted by atomic mass is 9.84. The Morgan fingerprint density at radius 2 is 1.42 bits per heavy atom. The van der Waals surface area contributed by atoms with Gasteiger partial charge in [-0.15, -0.1) is 0 Å². The molecule has 2 N–H and O–H groups in total. The molecule has 2 unspecified atom stereocenters. The number of ether oxygens (including phenoxy) is 1. The second kappa shape index (κ2) is 12.8. The van der Waals surface area contributed by atoms with Crippen molar-refractivity contribution in [2.24, 2.45) is 0 Å². The van der Waals surface area contributed by atoms with E-state index in [0.717, 1.165) is 35.1 Å². The quantitative estimate of drug-likeness (QED) is 0.295. The maximum atomic E-state index is 15.0. The number of rotatable bonds is 7. The number of nitrogens with zero attached hydrogens (tertiary/aromatic N) is 2. The summed E-state index contributed by atoms with van der Waals surface area (Å²) in [6, 6.07) is 22.0. The van der Waals surface area contributed by atoms with Gasteiger partial charge in [-0.25, -0.2) is 0 Å². The Morgan fingerprint density at radius 1 is 0.907 bits per heavy atom. The Kier molecular flexibility index (Phi) is 9.45. The van der Waals surface area contributed by atoms with Crippen molar-refractivity contribution in [3.63, 3.8) is 0 Å². The second-order valence-electron chi connectivity index (χ2n) is 13.0. The van der Waals surface area contributed by atoms with Crippen molar-refractivity contribution in [3.05, 3.63) is 99.0 Å². The van der Waals surface area contributed by atoms with Crippen molar-refractivity contribution < 1.29 is 9.53 Å². The number of hydrogen-bond acceptors (Lipinski definition) is 5. The van der Waals surface area contributed by atoms with Gasteiger partial charge in [0.05, 0.1) is 18.7 Å². The average Bonchev–Trinajstić information content (AvgIpc) is 3.39. The van der Waals surface area contributed by atoms with Crippen LogP contribution in [0.5, 0.6) is 5.75 Å². The molecule has 6 nitrogen and oxygen atoms in total. The molecule has 5 rings (SSSR count). The fourth-order valence-electron chi connectivity index (χ4n) is 6.36. The van der Waals surface area contributed by atoms with E-state index in [9.17, 15) is 4.79 Å². The second-order valence-corrected chi connectivity index (χ2v) is 13.9. The minimum atomic E-state index is -1.24. The Bertz CT molecular complexity index is 1360. The monoisotopic (exact) mass is 622 g/mol. The Morgan fingerprint density at radius 3 is 1.86 bits per heavy atom. The third kappa shape index (κ3) is 6.59. The fourth-order valence-corrected chi connectivity index (χ4v) is 6.61. The van der Waals surface area contributed by atoms with Crippen LogP contribution in [0, 0.1) is 0 Å². The first-order chi connectivity index (χ1) is 20.4. The van der Waals surface area contributed by atoms with Crippen LogP contribution in [0.2, 0.25) is 10.0 Å². The van der Waals surface area contributed by atoms with Gasteiger partial charge in [-0.3, -0.25) is 15.4 Å². The van der Waals surface area contributed by atoms with Gasteiger partial charge in [0.15, 0.2) is 5.66 Å². The van der Waals surface area contributed by atoms with E-state index in [0.29, 0.717) is 41.5 Å². The Balaban J connectivity index is 1.66. The largest absolute Gasteiger partial charge is 0.493 e. The molecule has 0 aromatic heterocycles. The number of nitrogens with one attached hydrogen (secondary N) is 2. The summed E-state index contributed by atoms with van der Waals surface area (Å²) in [7, 11) is 4.23. The van der Waals surface area contributed by atoms with Crippen LogP contribution in [0.1, 0.15) is 74.9 Å². The molecule has 230 valence electrons. The van der Waals surface area contributed by atoms with Gasteiger partial charge in [0.2, 0.25) is 0 Å². The molecule has 2 atom stereocenters. The molecule has 0 spiro atoms. The molecular weight excluding hydrogens is 579 g/mol. The van der Waals surface area contributed by atoms with Crippen molar-refractivity contribution in [2.75, 3.05) is 33.8 Å². The first-order valence-corrected chi connectivity index (χ1v) is 16.0. The lowest BCUT2D eigenvalue weighted by molar-refractivity contribution is -0.141. The first-order valence-electron chi connectivity index (χ1n) is 15.2. The van der Waals surface area contributed by atoms with E-state index >= 15 is 0 Å². The zero-order valence-corrected chi connectivity index (χ0v) is 27.6. The van der Waals surface area contributed by atoms with Gasteiger partial charge >= 0.3 is 0 Å². The molecule has 3 aromatic carbocycles. The molecule has 0 saturated carbocycles. The van der Waals surface area contributed by atoms with Gasteiger partial charge in [0.1, 0.15) is 5.75 Å². The molecule has 0 radical (unpaired) electrons. The normalized spacial score (nSPS) is 23.1. The van der Waals surface area contributed by atoms with Crippen LogP contribution < -0.4 is 15.4 Å². The third-order valence-electron chi connectivity index (χ3n) is 8.89. The SMILES string of the molecule is CCOc1cc(C(C)(C)C)ccc1C1(C(=O)N2CCC(N(C)C)CC2)NC(c2ccc(Cl)cc2)C(c2ccc(Cl)cc2)N1. The van der Waals surface area contributed by atoms with Crippen LogP contribution in [0.15, 0.2) is 66.7 Å². The summed E-state index contributed by atoms with van der Waals surface area (Å²) in [5.41, 5.74) is 2.68. The Hall–Kier alpha value is -2.61. The van der Waals surface area contributed by atoms with Crippen molar-refractivity contribution in [1.82, 2.24) is 20.4 Å². The molecule has 2 aliphatic rings. The number of likely N-dealkylation sites (tertiary alicyclic amines) is 1. The number of piperidine rings is 1. The van der Waals surface area contributed by atoms with Crippen molar-refractivity contribution in [3.8, 4) is 5.75 Å². The van der Waals surface area contributed by atoms with E-state index in [4.69, 9.17) is 27.9 Å². The van der Waals surface area contributed by atoms with Crippen molar-refractivity contribution >= 4 is 29.1 Å². The van der Waals surface area contributed by atoms with E-state index in [1.807, 2.05) is 60.4 Å². The molecule has 8 heteroatoms. The van der Waals surface area contributed by atoms with E-state index in [2.05, 4.69) is 68.6 Å². The first kappa shape index (κ1) is 31.8. The summed E-state index contributed by atoms with van der Waals surface area (Å²) >= 11 is 12.6. The third-order valence-corrected chi connectivity index (χ3v) is 9.39. The number of hydrogen-bond donors (Lipinski definition) is 2. The van der Waals surface area contributed by atoms with Crippen LogP contribution in [0.3, 0.4) is 0 Å². The number of amides is 1. The summed E-state index contributed by atoms with van der Waals surface area (Å²) < 4.78 is 6.32. The van der Waals surface area contributed by atoms with Crippen LogP contribution >= 0.6 is 23.2 Å². The molecule has 1 amide bonds. The van der Waals surface area contributed by atoms with Crippen LogP contribution in [-0.2, 0) is 15.9 Å². The molecule has 0 bridgehead atoms. The summed E-state index contributed by atoms with van der Waals surface area (Å²) in [6.45, 7) is 10.4. The van der Waals surface area contributed by atoms with E-state index in [1.165, 1.54) is 0 Å². The molecule has 3 aromatic rings. The summed E-state index contributed by atoms with van der Waals surface area (Å²) in [6.07, 6.45) is 1.86. The van der Waals surface area contributed by atoms with Crippen LogP contribution in [0.25, 0.3) is 0 Å². The standard InChI is InChI=1S/C35H44Cl2N4O2/c1-7-43-30-22-25(34(2,3)4)12-17-29(30)35(33(42)41-20-18-28(19-21-41)40(5)6)38-31(23-8-13-26(36)14-9-23)32(39-35)24-10-15-27(37)16-11-24/h8-17,22,28,31-32,38-39H,7,18-21H2,1-6H3. The van der Waals surface area contributed by atoms with Gasteiger partial charge in [-0.2, -0.15) is 0 Å². The van der Waals surface area contributed by atoms with Crippen LogP contribution in [0.4, 0.5) is 0 Å². The van der Waals surface area contributed by atoms with Gasteiger partial charge < -0.3 is 14.5 Å². The highest BCUT2D eigenvalue weighted by atomic mass is 35.5. The van der Waals surface area contributed by atoms with Crippen LogP contribution in [-0.4, -0.2) is 55.5 Å². The van der Waals surface area contributed by atoms with Crippen molar-refractivity contribution in [1.29, 1.82) is 0 Å². The number of benzene rings is 3. The molecule has 2 saturated heterocycles. The summed E-state index contributed by atoms with van der Waals surface area (Å²) in [4.78, 5) is 19.3. The number of carbonyl (C=O) groups is 1. The predicted molar refractivity (Wildman–Crippen MR) is 176 cm³/mol. The van der Waals surface area contributed by atoms with Gasteiger partial charge in [-0.05, 0) is 86.3 Å². The average molecular weight is 624 g/mol. The number of carbonyl (C=O) groups excluding carboxylic acids is 1. The zero-order chi connectivity index (χ0) is 30.9. The highest BCUT2D eigenvalue weighted by Gasteiger charge is 2.54. The highest BCUT2D eigenvalue weighted by molar-refractivity contribution is 6.30. The topological polar surface area (TPSA) is 56.8 Å². The molecule has 2 fully saturated rings. The molecule has 0 aliphatic carbocycles. The van der Waals surface area contributed by atoms with Gasteiger partial charge in [-0.1, -0.05) is 80.4 Å². The van der Waals surface area contributed by atoms with E-state index in [1.54, 1.807) is 0 Å². The lowest BCUT2D eigenvalue weighted by Crippen LogP contribution is -2.60. The maximum absolute atomic E-state index is 15.0. The summed E-state index contributed by atoms with van der Waals surface area (Å²) in [5, 5.41) is 9.01. The minimum Gasteiger partial charge on any atom is -0.493 e. The van der Waals surface area contributed by atoms with Crippen molar-refractivity contribution in [2.45, 2.75) is 69.7 Å². The molecule has 2 aliphatic heterocycles.